The monoisotopic (exact) mass is 464 g/mol. The highest BCUT2D eigenvalue weighted by Crippen LogP contribution is 2.33. The lowest BCUT2D eigenvalue weighted by molar-refractivity contribution is -0.142. The average molecular weight is 464 g/mol. The molecule has 0 spiro atoms. The van der Waals surface area contributed by atoms with Gasteiger partial charge in [-0.3, -0.25) is 9.48 Å². The van der Waals surface area contributed by atoms with Crippen molar-refractivity contribution in [3.05, 3.63) is 83.9 Å². The van der Waals surface area contributed by atoms with E-state index in [2.05, 4.69) is 20.5 Å². The van der Waals surface area contributed by atoms with Gasteiger partial charge in [0.05, 0.1) is 11.9 Å². The van der Waals surface area contributed by atoms with Gasteiger partial charge in [0.15, 0.2) is 17.0 Å². The Morgan fingerprint density at radius 1 is 1.06 bits per heavy atom. The van der Waals surface area contributed by atoms with Crippen LogP contribution >= 0.6 is 0 Å². The quantitative estimate of drug-likeness (QED) is 0.409. The van der Waals surface area contributed by atoms with Gasteiger partial charge in [-0.05, 0) is 29.8 Å². The molecule has 0 radical (unpaired) electrons. The molecule has 34 heavy (non-hydrogen) atoms. The summed E-state index contributed by atoms with van der Waals surface area (Å²) in [5.41, 5.74) is 0.213. The second kappa shape index (κ2) is 8.29. The molecule has 0 aliphatic heterocycles. The molecule has 5 aromatic rings. The Hall–Kier alpha value is -4.21. The van der Waals surface area contributed by atoms with E-state index in [9.17, 15) is 18.0 Å². The van der Waals surface area contributed by atoms with Gasteiger partial charge >= 0.3 is 6.18 Å². The number of alkyl halides is 3. The molecule has 172 valence electrons. The van der Waals surface area contributed by atoms with E-state index in [0.29, 0.717) is 16.6 Å². The van der Waals surface area contributed by atoms with Crippen LogP contribution in [0.2, 0.25) is 0 Å². The van der Waals surface area contributed by atoms with E-state index in [0.717, 1.165) is 22.4 Å². The molecule has 0 unspecified atom stereocenters. The predicted molar refractivity (Wildman–Crippen MR) is 120 cm³/mol. The third-order valence-corrected chi connectivity index (χ3v) is 5.46. The van der Waals surface area contributed by atoms with E-state index < -0.39 is 17.8 Å². The number of carbonyl (C=O) groups is 1. The van der Waals surface area contributed by atoms with Gasteiger partial charge in [-0.1, -0.05) is 36.4 Å². The number of halogens is 3. The third-order valence-electron chi connectivity index (χ3n) is 5.46. The van der Waals surface area contributed by atoms with Crippen molar-refractivity contribution in [3.63, 3.8) is 0 Å². The smallest absolute Gasteiger partial charge is 0.346 e. The number of aryl methyl sites for hydroxylation is 1. The molecule has 0 saturated carbocycles. The molecule has 0 fully saturated rings. The number of nitrogens with zero attached hydrogens (tertiary/aromatic N) is 5. The Balaban J connectivity index is 1.51. The van der Waals surface area contributed by atoms with Crippen LogP contribution < -0.4 is 5.32 Å². The first-order chi connectivity index (χ1) is 16.3. The maximum Gasteiger partial charge on any atom is 0.433 e. The molecule has 2 aromatic carbocycles. The third kappa shape index (κ3) is 4.09. The standard InChI is InChI=1S/C24H19F3N6O/c1-2-32-14-15(13-29-32)12-28-23(34)20-11-22-30-19(10-21(24(25,26)27)33(22)31-20)18-8-7-16-5-3-4-6-17(16)9-18/h3-11,13-14H,2,12H2,1H3,(H,28,34). The topological polar surface area (TPSA) is 77.1 Å². The minimum absolute atomic E-state index is 0.0677. The van der Waals surface area contributed by atoms with Gasteiger partial charge in [-0.25, -0.2) is 9.50 Å². The molecule has 0 saturated heterocycles. The Morgan fingerprint density at radius 2 is 1.85 bits per heavy atom. The summed E-state index contributed by atoms with van der Waals surface area (Å²) < 4.78 is 44.0. The molecule has 3 aromatic heterocycles. The lowest BCUT2D eigenvalue weighted by Gasteiger charge is -2.11. The van der Waals surface area contributed by atoms with Gasteiger partial charge in [0, 0.05) is 36.5 Å². The zero-order valence-electron chi connectivity index (χ0n) is 18.0. The summed E-state index contributed by atoms with van der Waals surface area (Å²) in [6.45, 7) is 2.80. The van der Waals surface area contributed by atoms with Crippen LogP contribution in [-0.4, -0.2) is 30.3 Å². The fourth-order valence-corrected chi connectivity index (χ4v) is 3.73. The number of aromatic nitrogens is 5. The number of amides is 1. The number of fused-ring (bicyclic) bond motifs is 2. The summed E-state index contributed by atoms with van der Waals surface area (Å²) in [4.78, 5) is 17.0. The largest absolute Gasteiger partial charge is 0.433 e. The SMILES string of the molecule is CCn1cc(CNC(=O)c2cc3nc(-c4ccc5ccccc5c4)cc(C(F)(F)F)n3n2)cn1. The van der Waals surface area contributed by atoms with Crippen molar-refractivity contribution >= 4 is 22.3 Å². The van der Waals surface area contributed by atoms with Crippen molar-refractivity contribution in [2.24, 2.45) is 0 Å². The highest BCUT2D eigenvalue weighted by Gasteiger charge is 2.35. The number of hydrogen-bond acceptors (Lipinski definition) is 4. The molecule has 7 nitrogen and oxygen atoms in total. The number of hydrogen-bond donors (Lipinski definition) is 1. The van der Waals surface area contributed by atoms with Gasteiger partial charge in [0.2, 0.25) is 0 Å². The van der Waals surface area contributed by atoms with E-state index >= 15 is 0 Å². The predicted octanol–water partition coefficient (Wildman–Crippen LogP) is 4.71. The van der Waals surface area contributed by atoms with Crippen LogP contribution in [0.1, 0.15) is 28.7 Å². The van der Waals surface area contributed by atoms with E-state index in [1.54, 1.807) is 29.2 Å². The molecule has 1 amide bonds. The fourth-order valence-electron chi connectivity index (χ4n) is 3.73. The second-order valence-electron chi connectivity index (χ2n) is 7.77. The Bertz CT molecular complexity index is 1520. The molecular formula is C24H19F3N6O. The van der Waals surface area contributed by atoms with Crippen molar-refractivity contribution < 1.29 is 18.0 Å². The minimum Gasteiger partial charge on any atom is -0.346 e. The maximum absolute atomic E-state index is 13.9. The molecule has 0 bridgehead atoms. The second-order valence-corrected chi connectivity index (χ2v) is 7.77. The van der Waals surface area contributed by atoms with E-state index in [1.807, 2.05) is 37.3 Å². The minimum atomic E-state index is -4.69. The lowest BCUT2D eigenvalue weighted by Crippen LogP contribution is -2.23. The normalized spacial score (nSPS) is 11.9. The lowest BCUT2D eigenvalue weighted by atomic mass is 10.0. The van der Waals surface area contributed by atoms with Crippen LogP contribution in [0.25, 0.3) is 27.7 Å². The molecule has 1 N–H and O–H groups in total. The average Bonchev–Trinajstić information content (AvgIpc) is 3.47. The van der Waals surface area contributed by atoms with E-state index in [1.165, 1.54) is 6.07 Å². The maximum atomic E-state index is 13.9. The van der Waals surface area contributed by atoms with Gasteiger partial charge in [0.25, 0.3) is 5.91 Å². The van der Waals surface area contributed by atoms with Crippen LogP contribution in [0.3, 0.4) is 0 Å². The van der Waals surface area contributed by atoms with E-state index in [4.69, 9.17) is 0 Å². The summed E-state index contributed by atoms with van der Waals surface area (Å²) in [6, 6.07) is 15.1. The van der Waals surface area contributed by atoms with Crippen LogP contribution in [0, 0.1) is 0 Å². The number of nitrogens with one attached hydrogen (secondary N) is 1. The van der Waals surface area contributed by atoms with Crippen LogP contribution in [0.4, 0.5) is 13.2 Å². The van der Waals surface area contributed by atoms with Crippen LogP contribution in [0.5, 0.6) is 0 Å². The molecule has 0 aliphatic rings. The van der Waals surface area contributed by atoms with Gasteiger partial charge < -0.3 is 5.32 Å². The summed E-state index contributed by atoms with van der Waals surface area (Å²) in [6.07, 6.45) is -1.29. The number of benzene rings is 2. The highest BCUT2D eigenvalue weighted by atomic mass is 19.4. The molecule has 5 rings (SSSR count). The first-order valence-corrected chi connectivity index (χ1v) is 10.6. The molecular weight excluding hydrogens is 445 g/mol. The molecule has 3 heterocycles. The van der Waals surface area contributed by atoms with E-state index in [-0.39, 0.29) is 23.6 Å². The van der Waals surface area contributed by atoms with Crippen molar-refractivity contribution in [1.29, 1.82) is 0 Å². The van der Waals surface area contributed by atoms with Gasteiger partial charge in [0.1, 0.15) is 0 Å². The summed E-state index contributed by atoms with van der Waals surface area (Å²) in [5, 5.41) is 12.5. The first kappa shape index (κ1) is 21.6. The number of carbonyl (C=O) groups excluding carboxylic acids is 1. The van der Waals surface area contributed by atoms with Crippen LogP contribution in [0.15, 0.2) is 67.0 Å². The summed E-state index contributed by atoms with van der Waals surface area (Å²) >= 11 is 0. The number of rotatable bonds is 5. The zero-order valence-corrected chi connectivity index (χ0v) is 18.0. The molecule has 0 aliphatic carbocycles. The fraction of sp³-hybridized carbons (Fsp3) is 0.167. The van der Waals surface area contributed by atoms with Crippen molar-refractivity contribution in [3.8, 4) is 11.3 Å². The van der Waals surface area contributed by atoms with Crippen molar-refractivity contribution in [1.82, 2.24) is 29.7 Å². The zero-order chi connectivity index (χ0) is 23.9. The van der Waals surface area contributed by atoms with Crippen LogP contribution in [-0.2, 0) is 19.3 Å². The molecule has 10 heteroatoms. The van der Waals surface area contributed by atoms with Crippen molar-refractivity contribution in [2.45, 2.75) is 26.2 Å². The Morgan fingerprint density at radius 3 is 2.59 bits per heavy atom. The van der Waals surface area contributed by atoms with Crippen molar-refractivity contribution in [2.75, 3.05) is 0 Å². The Kier molecular flexibility index (Phi) is 5.27. The molecule has 0 atom stereocenters. The Labute approximate surface area is 191 Å². The van der Waals surface area contributed by atoms with Gasteiger partial charge in [-0.2, -0.15) is 23.4 Å². The summed E-state index contributed by atoms with van der Waals surface area (Å²) in [7, 11) is 0. The summed E-state index contributed by atoms with van der Waals surface area (Å²) in [5.74, 6) is -0.602. The first-order valence-electron chi connectivity index (χ1n) is 10.6. The highest BCUT2D eigenvalue weighted by molar-refractivity contribution is 5.93. The van der Waals surface area contributed by atoms with Gasteiger partial charge in [-0.15, -0.1) is 0 Å².